The van der Waals surface area contributed by atoms with Crippen molar-refractivity contribution in [3.63, 3.8) is 0 Å². The minimum atomic E-state index is -1.35. The lowest BCUT2D eigenvalue weighted by Gasteiger charge is -2.19. The zero-order chi connectivity index (χ0) is 26.4. The number of fused-ring (bicyclic) bond motifs is 1. The summed E-state index contributed by atoms with van der Waals surface area (Å²) in [5.74, 6) is 0.396. The predicted molar refractivity (Wildman–Crippen MR) is 138 cm³/mol. The second-order valence-corrected chi connectivity index (χ2v) is 10.4. The molecular formula is C26H24ClFN8O2. The van der Waals surface area contributed by atoms with Gasteiger partial charge in [-0.3, -0.25) is 5.10 Å². The minimum absolute atomic E-state index is 0.222. The van der Waals surface area contributed by atoms with E-state index in [4.69, 9.17) is 21.3 Å². The first-order chi connectivity index (χ1) is 18.3. The average molecular weight is 535 g/mol. The highest BCUT2D eigenvalue weighted by molar-refractivity contribution is 6.29. The van der Waals surface area contributed by atoms with Crippen LogP contribution >= 0.6 is 11.6 Å². The highest BCUT2D eigenvalue weighted by Crippen LogP contribution is 2.39. The molecule has 6 rings (SSSR count). The number of H-pyrrole nitrogens is 1. The number of carbonyl (C=O) groups excluding carboxylic acids is 1. The summed E-state index contributed by atoms with van der Waals surface area (Å²) in [5, 5.41) is 27.1. The van der Waals surface area contributed by atoms with Crippen LogP contribution in [0.3, 0.4) is 0 Å². The van der Waals surface area contributed by atoms with Crippen molar-refractivity contribution in [1.29, 1.82) is 5.26 Å². The fourth-order valence-corrected chi connectivity index (χ4v) is 4.94. The van der Waals surface area contributed by atoms with Crippen LogP contribution in [0.5, 0.6) is 0 Å². The molecule has 194 valence electrons. The number of alkyl carbamates (subject to hydrolysis) is 1. The Balaban J connectivity index is 1.21. The molecule has 1 aromatic carbocycles. The van der Waals surface area contributed by atoms with Crippen LogP contribution in [-0.2, 0) is 4.74 Å². The number of benzene rings is 1. The van der Waals surface area contributed by atoms with Crippen molar-refractivity contribution in [3.05, 3.63) is 59.0 Å². The molecule has 0 bridgehead atoms. The van der Waals surface area contributed by atoms with Crippen LogP contribution in [-0.4, -0.2) is 48.7 Å². The van der Waals surface area contributed by atoms with Crippen molar-refractivity contribution in [3.8, 4) is 17.3 Å². The molecule has 0 radical (unpaired) electrons. The third-order valence-electron chi connectivity index (χ3n) is 7.12. The Morgan fingerprint density at radius 2 is 2.16 bits per heavy atom. The van der Waals surface area contributed by atoms with Gasteiger partial charge in [0.1, 0.15) is 17.8 Å². The van der Waals surface area contributed by atoms with E-state index in [9.17, 15) is 10.1 Å². The van der Waals surface area contributed by atoms with Gasteiger partial charge in [-0.25, -0.2) is 18.7 Å². The number of aromatic nitrogens is 5. The quantitative estimate of drug-likeness (QED) is 0.307. The first-order valence-electron chi connectivity index (χ1n) is 12.3. The molecular weight excluding hydrogens is 511 g/mol. The Morgan fingerprint density at radius 3 is 2.95 bits per heavy atom. The van der Waals surface area contributed by atoms with Crippen molar-refractivity contribution < 1.29 is 13.9 Å². The smallest absolute Gasteiger partial charge is 0.407 e. The van der Waals surface area contributed by atoms with E-state index in [0.29, 0.717) is 46.9 Å². The van der Waals surface area contributed by atoms with Crippen LogP contribution in [0.15, 0.2) is 42.6 Å². The maximum atomic E-state index is 15.3. The van der Waals surface area contributed by atoms with Gasteiger partial charge in [-0.15, -0.1) is 0 Å². The Kier molecular flexibility index (Phi) is 5.91. The molecule has 3 atom stereocenters. The zero-order valence-electron chi connectivity index (χ0n) is 20.4. The van der Waals surface area contributed by atoms with Gasteiger partial charge in [0.15, 0.2) is 16.8 Å². The number of anilines is 2. The van der Waals surface area contributed by atoms with Gasteiger partial charge < -0.3 is 15.4 Å². The van der Waals surface area contributed by atoms with E-state index in [2.05, 4.69) is 32.0 Å². The van der Waals surface area contributed by atoms with Crippen LogP contribution in [0, 0.1) is 11.3 Å². The largest absolute Gasteiger partial charge is 0.443 e. The summed E-state index contributed by atoms with van der Waals surface area (Å²) in [6, 6.07) is 12.6. The molecule has 3 N–H and O–H groups in total. The molecule has 0 unspecified atom stereocenters. The number of amides is 1. The molecule has 2 saturated carbocycles. The Morgan fingerprint density at radius 1 is 1.32 bits per heavy atom. The number of nitriles is 1. The fraction of sp³-hybridized carbons (Fsp3) is 0.346. The van der Waals surface area contributed by atoms with Crippen LogP contribution in [0.2, 0.25) is 5.15 Å². The Bertz CT molecular complexity index is 1570. The third-order valence-corrected chi connectivity index (χ3v) is 7.31. The lowest BCUT2D eigenvalue weighted by Crippen LogP contribution is -2.38. The summed E-state index contributed by atoms with van der Waals surface area (Å²) in [7, 11) is 0. The maximum Gasteiger partial charge on any atom is 0.407 e. The number of nitrogens with zero attached hydrogens (tertiary/aromatic N) is 5. The molecule has 0 spiro atoms. The number of hydrogen-bond acceptors (Lipinski definition) is 7. The molecule has 3 aromatic heterocycles. The van der Waals surface area contributed by atoms with Gasteiger partial charge in [0.2, 0.25) is 0 Å². The molecule has 1 amide bonds. The van der Waals surface area contributed by atoms with Crippen molar-refractivity contribution >= 4 is 34.8 Å². The van der Waals surface area contributed by atoms with Gasteiger partial charge >= 0.3 is 6.09 Å². The van der Waals surface area contributed by atoms with Gasteiger partial charge in [-0.2, -0.15) is 15.5 Å². The predicted octanol–water partition coefficient (Wildman–Crippen LogP) is 5.25. The van der Waals surface area contributed by atoms with Crippen LogP contribution in [0.4, 0.5) is 20.8 Å². The van der Waals surface area contributed by atoms with Gasteiger partial charge in [-0.1, -0.05) is 23.7 Å². The van der Waals surface area contributed by atoms with Crippen molar-refractivity contribution in [1.82, 2.24) is 30.1 Å². The van der Waals surface area contributed by atoms with E-state index in [1.807, 2.05) is 13.0 Å². The van der Waals surface area contributed by atoms with E-state index in [-0.39, 0.29) is 10.7 Å². The van der Waals surface area contributed by atoms with Crippen LogP contribution in [0.1, 0.15) is 49.8 Å². The number of ether oxygens (including phenoxy) is 1. The highest BCUT2D eigenvalue weighted by atomic mass is 35.5. The summed E-state index contributed by atoms with van der Waals surface area (Å²) >= 11 is 6.16. The molecule has 0 saturated heterocycles. The van der Waals surface area contributed by atoms with E-state index < -0.39 is 24.3 Å². The number of carbonyl (C=O) groups is 1. The van der Waals surface area contributed by atoms with Crippen molar-refractivity contribution in [2.45, 2.75) is 56.3 Å². The van der Waals surface area contributed by atoms with Crippen molar-refractivity contribution in [2.75, 3.05) is 5.32 Å². The summed E-state index contributed by atoms with van der Waals surface area (Å²) in [4.78, 5) is 16.9. The van der Waals surface area contributed by atoms with Gasteiger partial charge in [0, 0.05) is 34.8 Å². The number of aromatic amines is 1. The van der Waals surface area contributed by atoms with E-state index in [1.54, 1.807) is 41.0 Å². The Labute approximate surface area is 222 Å². The molecule has 0 aliphatic heterocycles. The summed E-state index contributed by atoms with van der Waals surface area (Å²) in [5.41, 5.74) is 2.81. The summed E-state index contributed by atoms with van der Waals surface area (Å²) < 4.78 is 22.3. The van der Waals surface area contributed by atoms with Gasteiger partial charge in [0.25, 0.3) is 0 Å². The van der Waals surface area contributed by atoms with E-state index in [1.165, 1.54) is 0 Å². The van der Waals surface area contributed by atoms with E-state index >= 15 is 4.39 Å². The maximum absolute atomic E-state index is 15.3. The average Bonchev–Trinajstić information content (AvgIpc) is 3.21. The second kappa shape index (κ2) is 9.29. The lowest BCUT2D eigenvalue weighted by molar-refractivity contribution is 0.0546. The number of rotatable bonds is 6. The number of nitrogens with one attached hydrogen (secondary N) is 3. The number of alkyl halides is 1. The molecule has 12 heteroatoms. The van der Waals surface area contributed by atoms with Gasteiger partial charge in [-0.05, 0) is 44.7 Å². The fourth-order valence-electron chi connectivity index (χ4n) is 4.75. The molecule has 10 nitrogen and oxygen atoms in total. The first-order valence-corrected chi connectivity index (χ1v) is 12.7. The molecule has 4 aromatic rings. The van der Waals surface area contributed by atoms with Crippen LogP contribution < -0.4 is 10.6 Å². The minimum Gasteiger partial charge on any atom is -0.443 e. The third kappa shape index (κ3) is 4.75. The Hall–Kier alpha value is -4.17. The van der Waals surface area contributed by atoms with Crippen molar-refractivity contribution in [2.24, 2.45) is 0 Å². The molecule has 2 aliphatic carbocycles. The highest BCUT2D eigenvalue weighted by Gasteiger charge is 2.43. The number of halogens is 2. The monoisotopic (exact) mass is 534 g/mol. The normalized spacial score (nSPS) is 21.7. The summed E-state index contributed by atoms with van der Waals surface area (Å²) in [6.45, 7) is 1.94. The molecule has 3 heterocycles. The topological polar surface area (TPSA) is 133 Å². The first kappa shape index (κ1) is 24.2. The SMILES string of the molecule is CC1(NC(=O)O[C@@H]2CC[C@H](c3cc(Nc4nc(-c5cccc(C#N)c5)cn5nc(Cl)cc45)n[nH]3)[C@@H]2F)CC1. The standard InChI is InChI=1S/C26H24ClFN8O2/c1-26(7-8-26)32-25(37)38-20-6-5-16(23(20)28)17-10-22(34-33-17)31-24-19-11-21(27)35-36(19)13-18(30-24)15-4-2-3-14(9-15)12-29/h2-4,9-11,13,16,20,23H,5-8H2,1H3,(H,32,37)(H2,30,31,33,34)/t16-,20-,23+/m1/s1. The van der Waals surface area contributed by atoms with Gasteiger partial charge in [0.05, 0.1) is 23.5 Å². The molecule has 2 fully saturated rings. The molecule has 38 heavy (non-hydrogen) atoms. The lowest BCUT2D eigenvalue weighted by atomic mass is 10.0. The molecule has 2 aliphatic rings. The zero-order valence-corrected chi connectivity index (χ0v) is 21.2. The number of hydrogen-bond donors (Lipinski definition) is 3. The van der Waals surface area contributed by atoms with Crippen LogP contribution in [0.25, 0.3) is 16.8 Å². The summed E-state index contributed by atoms with van der Waals surface area (Å²) in [6.07, 6.45) is 1.75. The second-order valence-electron chi connectivity index (χ2n) is 10.1. The van der Waals surface area contributed by atoms with E-state index in [0.717, 1.165) is 18.4 Å².